The van der Waals surface area contributed by atoms with Crippen molar-refractivity contribution in [1.29, 1.82) is 0 Å². The second-order valence-electron chi connectivity index (χ2n) is 8.06. The van der Waals surface area contributed by atoms with Crippen molar-refractivity contribution in [3.8, 4) is 0 Å². The predicted molar refractivity (Wildman–Crippen MR) is 133 cm³/mol. The third-order valence-corrected chi connectivity index (χ3v) is 6.59. The number of aryl methyl sites for hydroxylation is 2. The van der Waals surface area contributed by atoms with E-state index in [1.807, 2.05) is 70.9 Å². The van der Waals surface area contributed by atoms with E-state index in [1.54, 1.807) is 23.3 Å². The van der Waals surface area contributed by atoms with Crippen LogP contribution in [-0.2, 0) is 33.8 Å². The minimum absolute atomic E-state index is 0.0313. The average molecular weight is 465 g/mol. The highest BCUT2D eigenvalue weighted by molar-refractivity contribution is 7.10. The van der Waals surface area contributed by atoms with E-state index in [9.17, 15) is 9.59 Å². The number of nitrogens with zero attached hydrogens (tertiary/aromatic N) is 2. The molecule has 2 aromatic carbocycles. The number of hydrogen-bond acceptors (Lipinski definition) is 4. The van der Waals surface area contributed by atoms with E-state index in [0.717, 1.165) is 16.0 Å². The summed E-state index contributed by atoms with van der Waals surface area (Å²) >= 11 is 1.66. The molecule has 0 aliphatic carbocycles. The number of ether oxygens (including phenoxy) is 1. The fraction of sp³-hybridized carbons (Fsp3) is 0.333. The van der Waals surface area contributed by atoms with E-state index < -0.39 is 0 Å². The average Bonchev–Trinajstić information content (AvgIpc) is 3.25. The van der Waals surface area contributed by atoms with Gasteiger partial charge in [0.25, 0.3) is 0 Å². The minimum Gasteiger partial charge on any atom is -0.383 e. The molecule has 0 aliphatic heterocycles. The van der Waals surface area contributed by atoms with Crippen LogP contribution < -0.4 is 0 Å². The maximum absolute atomic E-state index is 13.4. The third-order valence-electron chi connectivity index (χ3n) is 5.59. The fourth-order valence-corrected chi connectivity index (χ4v) is 4.51. The quantitative estimate of drug-likeness (QED) is 0.391. The molecule has 33 heavy (non-hydrogen) atoms. The summed E-state index contributed by atoms with van der Waals surface area (Å²) in [6, 6.07) is 22.0. The van der Waals surface area contributed by atoms with Gasteiger partial charge in [-0.15, -0.1) is 11.3 Å². The molecular formula is C27H32N2O3S. The Balaban J connectivity index is 1.70. The molecule has 174 valence electrons. The van der Waals surface area contributed by atoms with Gasteiger partial charge in [0.15, 0.2) is 0 Å². The molecule has 0 N–H and O–H groups in total. The summed E-state index contributed by atoms with van der Waals surface area (Å²) in [7, 11) is 1.61. The molecule has 0 aliphatic rings. The van der Waals surface area contributed by atoms with Crippen LogP contribution in [0.2, 0.25) is 0 Å². The highest BCUT2D eigenvalue weighted by Gasteiger charge is 2.22. The molecule has 0 radical (unpaired) electrons. The molecule has 0 saturated carbocycles. The van der Waals surface area contributed by atoms with Crippen molar-refractivity contribution in [2.75, 3.05) is 26.8 Å². The Morgan fingerprint density at radius 1 is 0.848 bits per heavy atom. The van der Waals surface area contributed by atoms with Crippen molar-refractivity contribution < 1.29 is 14.3 Å². The number of hydrogen-bond donors (Lipinski definition) is 0. The van der Waals surface area contributed by atoms with Crippen LogP contribution in [0.1, 0.15) is 28.0 Å². The zero-order valence-corrected chi connectivity index (χ0v) is 20.2. The van der Waals surface area contributed by atoms with Crippen molar-refractivity contribution in [2.24, 2.45) is 0 Å². The van der Waals surface area contributed by atoms with Crippen LogP contribution in [-0.4, -0.2) is 48.4 Å². The number of methoxy groups -OCH3 is 1. The van der Waals surface area contributed by atoms with Crippen LogP contribution in [0.15, 0.2) is 72.1 Å². The van der Waals surface area contributed by atoms with Crippen LogP contribution in [0.25, 0.3) is 0 Å². The van der Waals surface area contributed by atoms with Crippen molar-refractivity contribution in [3.63, 3.8) is 0 Å². The van der Waals surface area contributed by atoms with Gasteiger partial charge in [-0.1, -0.05) is 60.7 Å². The lowest BCUT2D eigenvalue weighted by Gasteiger charge is -2.28. The third kappa shape index (κ3) is 7.84. The maximum atomic E-state index is 13.4. The Morgan fingerprint density at radius 3 is 2.12 bits per heavy atom. The molecule has 1 heterocycles. The summed E-state index contributed by atoms with van der Waals surface area (Å²) in [6.07, 6.45) is 1.02. The molecule has 3 aromatic rings. The smallest absolute Gasteiger partial charge is 0.242 e. The van der Waals surface area contributed by atoms with E-state index in [4.69, 9.17) is 4.74 Å². The van der Waals surface area contributed by atoms with Gasteiger partial charge < -0.3 is 14.5 Å². The molecule has 0 spiro atoms. The molecule has 0 fully saturated rings. The van der Waals surface area contributed by atoms with Crippen LogP contribution >= 0.6 is 11.3 Å². The molecule has 3 rings (SSSR count). The van der Waals surface area contributed by atoms with Gasteiger partial charge in [0.2, 0.25) is 11.8 Å². The SMILES string of the molecule is COCCN(CC(=O)N(Cc1ccccc1)Cc1sccc1C)C(=O)CCc1ccccc1. The monoisotopic (exact) mass is 464 g/mol. The Kier molecular flexibility index (Phi) is 9.66. The van der Waals surface area contributed by atoms with Crippen LogP contribution in [0, 0.1) is 6.92 Å². The number of benzene rings is 2. The first-order chi connectivity index (χ1) is 16.1. The van der Waals surface area contributed by atoms with Gasteiger partial charge in [-0.3, -0.25) is 9.59 Å². The normalized spacial score (nSPS) is 10.7. The number of amides is 2. The Labute approximate surface area is 200 Å². The van der Waals surface area contributed by atoms with Crippen LogP contribution in [0.5, 0.6) is 0 Å². The number of carbonyl (C=O) groups excluding carboxylic acids is 2. The molecular weight excluding hydrogens is 432 g/mol. The first kappa shape index (κ1) is 24.7. The van der Waals surface area contributed by atoms with Crippen LogP contribution in [0.3, 0.4) is 0 Å². The first-order valence-electron chi connectivity index (χ1n) is 11.2. The van der Waals surface area contributed by atoms with Crippen LogP contribution in [0.4, 0.5) is 0 Å². The molecule has 0 bridgehead atoms. The lowest BCUT2D eigenvalue weighted by atomic mass is 10.1. The lowest BCUT2D eigenvalue weighted by molar-refractivity contribution is -0.141. The second kappa shape index (κ2) is 12.9. The Hall–Kier alpha value is -2.96. The number of thiophene rings is 1. The van der Waals surface area contributed by atoms with Gasteiger partial charge in [0, 0.05) is 31.5 Å². The zero-order chi connectivity index (χ0) is 23.5. The summed E-state index contributed by atoms with van der Waals surface area (Å²) in [5, 5.41) is 2.05. The first-order valence-corrected chi connectivity index (χ1v) is 12.1. The van der Waals surface area contributed by atoms with Crippen molar-refractivity contribution >= 4 is 23.2 Å². The fourth-order valence-electron chi connectivity index (χ4n) is 3.59. The van der Waals surface area contributed by atoms with E-state index in [0.29, 0.717) is 39.1 Å². The highest BCUT2D eigenvalue weighted by atomic mass is 32.1. The predicted octanol–water partition coefficient (Wildman–Crippen LogP) is 4.69. The van der Waals surface area contributed by atoms with Crippen molar-refractivity contribution in [2.45, 2.75) is 32.9 Å². The maximum Gasteiger partial charge on any atom is 0.242 e. The molecule has 6 heteroatoms. The second-order valence-corrected chi connectivity index (χ2v) is 9.06. The number of carbonyl (C=O) groups is 2. The van der Waals surface area contributed by atoms with Gasteiger partial charge in [0.1, 0.15) is 0 Å². The summed E-state index contributed by atoms with van der Waals surface area (Å²) in [5.74, 6) is -0.0907. The summed E-state index contributed by atoms with van der Waals surface area (Å²) < 4.78 is 5.21. The van der Waals surface area contributed by atoms with Gasteiger partial charge in [-0.05, 0) is 41.5 Å². The topological polar surface area (TPSA) is 49.9 Å². The Bertz CT molecular complexity index is 1000. The van der Waals surface area contributed by atoms with Crippen molar-refractivity contribution in [3.05, 3.63) is 93.7 Å². The van der Waals surface area contributed by atoms with E-state index in [2.05, 4.69) is 13.0 Å². The van der Waals surface area contributed by atoms with Gasteiger partial charge >= 0.3 is 0 Å². The largest absolute Gasteiger partial charge is 0.383 e. The molecule has 5 nitrogen and oxygen atoms in total. The molecule has 1 aromatic heterocycles. The minimum atomic E-state index is -0.0594. The van der Waals surface area contributed by atoms with Gasteiger partial charge in [-0.2, -0.15) is 0 Å². The Morgan fingerprint density at radius 2 is 1.52 bits per heavy atom. The summed E-state index contributed by atoms with van der Waals surface area (Å²) in [4.78, 5) is 31.1. The molecule has 0 saturated heterocycles. The summed E-state index contributed by atoms with van der Waals surface area (Å²) in [5.41, 5.74) is 3.36. The zero-order valence-electron chi connectivity index (χ0n) is 19.4. The van der Waals surface area contributed by atoms with Crippen molar-refractivity contribution in [1.82, 2.24) is 9.80 Å². The lowest BCUT2D eigenvalue weighted by Crippen LogP contribution is -2.43. The summed E-state index contributed by atoms with van der Waals surface area (Å²) in [6.45, 7) is 3.95. The van der Waals surface area contributed by atoms with E-state index in [-0.39, 0.29) is 18.4 Å². The van der Waals surface area contributed by atoms with Gasteiger partial charge in [-0.25, -0.2) is 0 Å². The number of rotatable bonds is 12. The molecule has 2 amide bonds. The highest BCUT2D eigenvalue weighted by Crippen LogP contribution is 2.20. The molecule has 0 atom stereocenters. The molecule has 0 unspecified atom stereocenters. The van der Waals surface area contributed by atoms with Gasteiger partial charge in [0.05, 0.1) is 19.7 Å². The van der Waals surface area contributed by atoms with E-state index >= 15 is 0 Å². The standard InChI is InChI=1S/C27H32N2O3S/c1-22-15-18-33-25(22)20-29(19-24-11-7-4-8-12-24)27(31)21-28(16-17-32-2)26(30)14-13-23-9-5-3-6-10-23/h3-12,15,18H,13-14,16-17,19-21H2,1-2H3. The van der Waals surface area contributed by atoms with E-state index in [1.165, 1.54) is 5.56 Å².